The van der Waals surface area contributed by atoms with Gasteiger partial charge in [-0.25, -0.2) is 0 Å². The van der Waals surface area contributed by atoms with Crippen molar-refractivity contribution in [2.24, 2.45) is 0 Å². The standard InChI is InChI=1S/C16H16O3.C6H6O/c1-18-16(19-2,14-11-7-4-8-12-14)15(17)13-9-5-3-6-10-13;7-6-4-2-1-3-5-6/h3-12H,1-2H3;1-5,7H. The summed E-state index contributed by atoms with van der Waals surface area (Å²) >= 11 is 0. The number of hydrogen-bond acceptors (Lipinski definition) is 4. The van der Waals surface area contributed by atoms with Crippen LogP contribution in [0.1, 0.15) is 15.9 Å². The molecule has 0 aliphatic heterocycles. The van der Waals surface area contributed by atoms with Crippen LogP contribution >= 0.6 is 0 Å². The molecule has 0 bridgehead atoms. The van der Waals surface area contributed by atoms with Crippen molar-refractivity contribution in [2.75, 3.05) is 14.2 Å². The first-order valence-corrected chi connectivity index (χ1v) is 8.13. The molecule has 3 aromatic carbocycles. The summed E-state index contributed by atoms with van der Waals surface area (Å²) in [6, 6.07) is 26.9. The second-order valence-corrected chi connectivity index (χ2v) is 5.42. The first-order valence-electron chi connectivity index (χ1n) is 8.13. The fraction of sp³-hybridized carbons (Fsp3) is 0.136. The Hall–Kier alpha value is -2.95. The quantitative estimate of drug-likeness (QED) is 0.547. The average molecular weight is 350 g/mol. The monoisotopic (exact) mass is 350 g/mol. The van der Waals surface area contributed by atoms with Gasteiger partial charge in [0.1, 0.15) is 5.75 Å². The molecular formula is C22H22O4. The van der Waals surface area contributed by atoms with E-state index in [0.717, 1.165) is 0 Å². The molecule has 0 aliphatic carbocycles. The molecule has 0 aromatic heterocycles. The molecule has 3 aromatic rings. The number of methoxy groups -OCH3 is 2. The lowest BCUT2D eigenvalue weighted by Crippen LogP contribution is -2.39. The minimum absolute atomic E-state index is 0.218. The summed E-state index contributed by atoms with van der Waals surface area (Å²) in [5.41, 5.74) is 1.23. The number of phenolic OH excluding ortho intramolecular Hbond substituents is 1. The van der Waals surface area contributed by atoms with E-state index in [1.54, 1.807) is 36.4 Å². The van der Waals surface area contributed by atoms with Crippen LogP contribution in [-0.2, 0) is 15.3 Å². The summed E-state index contributed by atoms with van der Waals surface area (Å²) in [5.74, 6) is -1.30. The average Bonchev–Trinajstić information content (AvgIpc) is 2.72. The number of Topliss-reactive ketones (excluding diaryl/α,β-unsaturated/α-hetero) is 1. The van der Waals surface area contributed by atoms with E-state index in [-0.39, 0.29) is 5.78 Å². The minimum atomic E-state index is -1.40. The van der Waals surface area contributed by atoms with Gasteiger partial charge in [-0.2, -0.15) is 0 Å². The lowest BCUT2D eigenvalue weighted by atomic mass is 9.96. The molecule has 4 heteroatoms. The molecule has 0 atom stereocenters. The molecule has 0 saturated heterocycles. The number of carbonyl (C=O) groups is 1. The second-order valence-electron chi connectivity index (χ2n) is 5.42. The molecule has 3 rings (SSSR count). The molecule has 26 heavy (non-hydrogen) atoms. The molecular weight excluding hydrogens is 328 g/mol. The summed E-state index contributed by atoms with van der Waals surface area (Å²) in [6.07, 6.45) is 0. The first kappa shape index (κ1) is 19.4. The predicted molar refractivity (Wildman–Crippen MR) is 101 cm³/mol. The zero-order chi connectivity index (χ0) is 18.8. The Labute approximate surface area is 153 Å². The molecule has 0 saturated carbocycles. The van der Waals surface area contributed by atoms with Gasteiger partial charge in [-0.05, 0) is 12.1 Å². The Kier molecular flexibility index (Phi) is 7.09. The number of para-hydroxylation sites is 1. The van der Waals surface area contributed by atoms with E-state index >= 15 is 0 Å². The van der Waals surface area contributed by atoms with Gasteiger partial charge in [0.2, 0.25) is 5.78 Å². The topological polar surface area (TPSA) is 55.8 Å². The van der Waals surface area contributed by atoms with Crippen molar-refractivity contribution in [1.29, 1.82) is 0 Å². The first-order chi connectivity index (χ1) is 12.6. The molecule has 0 heterocycles. The Morgan fingerprint density at radius 2 is 1.15 bits per heavy atom. The van der Waals surface area contributed by atoms with Crippen LogP contribution in [-0.4, -0.2) is 25.1 Å². The summed E-state index contributed by atoms with van der Waals surface area (Å²) in [7, 11) is 2.94. The predicted octanol–water partition coefficient (Wildman–Crippen LogP) is 4.41. The van der Waals surface area contributed by atoms with Gasteiger partial charge in [-0.3, -0.25) is 4.79 Å². The third kappa shape index (κ3) is 4.57. The number of carbonyl (C=O) groups excluding carboxylic acids is 1. The van der Waals surface area contributed by atoms with Crippen molar-refractivity contribution < 1.29 is 19.4 Å². The van der Waals surface area contributed by atoms with E-state index in [9.17, 15) is 4.79 Å². The molecule has 0 spiro atoms. The summed E-state index contributed by atoms with van der Waals surface area (Å²) in [6.45, 7) is 0. The van der Waals surface area contributed by atoms with Gasteiger partial charge in [0.15, 0.2) is 0 Å². The highest BCUT2D eigenvalue weighted by Crippen LogP contribution is 2.30. The van der Waals surface area contributed by atoms with E-state index in [0.29, 0.717) is 16.9 Å². The Morgan fingerprint density at radius 3 is 1.54 bits per heavy atom. The van der Waals surface area contributed by atoms with Crippen LogP contribution in [0.5, 0.6) is 5.75 Å². The summed E-state index contributed by atoms with van der Waals surface area (Å²) in [5, 5.41) is 8.63. The maximum Gasteiger partial charge on any atom is 0.260 e. The van der Waals surface area contributed by atoms with Crippen molar-refractivity contribution >= 4 is 5.78 Å². The number of phenols is 1. The van der Waals surface area contributed by atoms with Crippen molar-refractivity contribution in [3.05, 3.63) is 102 Å². The lowest BCUT2D eigenvalue weighted by Gasteiger charge is -2.29. The molecule has 1 N–H and O–H groups in total. The van der Waals surface area contributed by atoms with Gasteiger partial charge in [0.05, 0.1) is 0 Å². The van der Waals surface area contributed by atoms with E-state index in [2.05, 4.69) is 0 Å². The third-order valence-corrected chi connectivity index (χ3v) is 3.82. The fourth-order valence-electron chi connectivity index (χ4n) is 2.50. The van der Waals surface area contributed by atoms with Crippen LogP contribution in [0.3, 0.4) is 0 Å². The molecule has 0 aliphatic rings. The van der Waals surface area contributed by atoms with Crippen molar-refractivity contribution in [3.8, 4) is 5.75 Å². The highest BCUT2D eigenvalue weighted by molar-refractivity contribution is 6.02. The lowest BCUT2D eigenvalue weighted by molar-refractivity contribution is -0.176. The molecule has 4 nitrogen and oxygen atoms in total. The zero-order valence-electron chi connectivity index (χ0n) is 14.8. The van der Waals surface area contributed by atoms with Gasteiger partial charge in [0.25, 0.3) is 5.79 Å². The minimum Gasteiger partial charge on any atom is -0.508 e. The molecule has 0 radical (unpaired) electrons. The van der Waals surface area contributed by atoms with Crippen molar-refractivity contribution in [2.45, 2.75) is 5.79 Å². The smallest absolute Gasteiger partial charge is 0.260 e. The Morgan fingerprint density at radius 1 is 0.731 bits per heavy atom. The van der Waals surface area contributed by atoms with Gasteiger partial charge < -0.3 is 14.6 Å². The van der Waals surface area contributed by atoms with E-state index < -0.39 is 5.79 Å². The van der Waals surface area contributed by atoms with Crippen LogP contribution < -0.4 is 0 Å². The normalized spacial score (nSPS) is 10.5. The number of rotatable bonds is 5. The largest absolute Gasteiger partial charge is 0.508 e. The van der Waals surface area contributed by atoms with Gasteiger partial charge >= 0.3 is 0 Å². The number of hydrogen-bond donors (Lipinski definition) is 1. The Bertz CT molecular complexity index is 782. The van der Waals surface area contributed by atoms with Gasteiger partial charge in [0, 0.05) is 25.3 Å². The van der Waals surface area contributed by atoms with Gasteiger partial charge in [-0.1, -0.05) is 78.9 Å². The third-order valence-electron chi connectivity index (χ3n) is 3.82. The second kappa shape index (κ2) is 9.51. The number of ether oxygens (including phenoxy) is 2. The SMILES string of the molecule is COC(OC)(C(=O)c1ccccc1)c1ccccc1.Oc1ccccc1. The maximum absolute atomic E-state index is 12.7. The summed E-state index contributed by atoms with van der Waals surface area (Å²) in [4.78, 5) is 12.7. The van der Waals surface area contributed by atoms with Crippen molar-refractivity contribution in [1.82, 2.24) is 0 Å². The van der Waals surface area contributed by atoms with Gasteiger partial charge in [-0.15, -0.1) is 0 Å². The number of ketones is 1. The summed E-state index contributed by atoms with van der Waals surface area (Å²) < 4.78 is 10.8. The number of aromatic hydroxyl groups is 1. The fourth-order valence-corrected chi connectivity index (χ4v) is 2.50. The van der Waals surface area contributed by atoms with Crippen LogP contribution in [0.15, 0.2) is 91.0 Å². The highest BCUT2D eigenvalue weighted by atomic mass is 16.7. The van der Waals surface area contributed by atoms with E-state index in [4.69, 9.17) is 14.6 Å². The van der Waals surface area contributed by atoms with E-state index in [1.165, 1.54) is 14.2 Å². The molecule has 0 unspecified atom stereocenters. The van der Waals surface area contributed by atoms with Crippen LogP contribution in [0.4, 0.5) is 0 Å². The zero-order valence-corrected chi connectivity index (χ0v) is 14.8. The number of benzene rings is 3. The van der Waals surface area contributed by atoms with Crippen LogP contribution in [0.25, 0.3) is 0 Å². The highest BCUT2D eigenvalue weighted by Gasteiger charge is 2.41. The maximum atomic E-state index is 12.7. The molecule has 0 amide bonds. The van der Waals surface area contributed by atoms with E-state index in [1.807, 2.05) is 54.6 Å². The van der Waals surface area contributed by atoms with Crippen LogP contribution in [0.2, 0.25) is 0 Å². The Balaban J connectivity index is 0.000000290. The molecule has 0 fully saturated rings. The van der Waals surface area contributed by atoms with Crippen molar-refractivity contribution in [3.63, 3.8) is 0 Å². The molecule has 134 valence electrons. The van der Waals surface area contributed by atoms with Crippen LogP contribution in [0, 0.1) is 0 Å².